The number of rotatable bonds is 6. The Morgan fingerprint density at radius 2 is 1.67 bits per heavy atom. The summed E-state index contributed by atoms with van der Waals surface area (Å²) in [5, 5.41) is 1.13. The maximum Gasteiger partial charge on any atom is 0.266 e. The van der Waals surface area contributed by atoms with Crippen molar-refractivity contribution in [1.82, 2.24) is 14.5 Å². The number of aromatic nitrogens is 2. The fourth-order valence-electron chi connectivity index (χ4n) is 3.57. The van der Waals surface area contributed by atoms with E-state index < -0.39 is 0 Å². The lowest BCUT2D eigenvalue weighted by Gasteiger charge is -2.33. The van der Waals surface area contributed by atoms with Crippen LogP contribution in [0.1, 0.15) is 46.5 Å². The van der Waals surface area contributed by atoms with Crippen molar-refractivity contribution in [1.29, 1.82) is 0 Å². The Hall–Kier alpha value is -2.66. The number of nitrogens with zero attached hydrogens (tertiary/aromatic N) is 3. The highest BCUT2D eigenvalue weighted by molar-refractivity contribution is 6.30. The molecule has 0 radical (unpaired) electrons. The van der Waals surface area contributed by atoms with Gasteiger partial charge < -0.3 is 4.90 Å². The first-order valence-corrected chi connectivity index (χ1v) is 10.7. The maximum atomic E-state index is 13.5. The van der Waals surface area contributed by atoms with Crippen LogP contribution in [0.15, 0.2) is 53.3 Å². The van der Waals surface area contributed by atoms with Gasteiger partial charge >= 0.3 is 0 Å². The number of amides is 1. The first-order chi connectivity index (χ1) is 14.2. The third-order valence-electron chi connectivity index (χ3n) is 5.07. The van der Waals surface area contributed by atoms with Crippen molar-refractivity contribution < 1.29 is 4.79 Å². The summed E-state index contributed by atoms with van der Waals surface area (Å²) in [6.07, 6.45) is 0. The molecule has 0 aliphatic carbocycles. The van der Waals surface area contributed by atoms with Gasteiger partial charge in [0.25, 0.3) is 5.56 Å². The van der Waals surface area contributed by atoms with E-state index in [9.17, 15) is 9.59 Å². The van der Waals surface area contributed by atoms with Crippen LogP contribution < -0.4 is 5.56 Å². The Morgan fingerprint density at radius 1 is 1.03 bits per heavy atom. The van der Waals surface area contributed by atoms with Crippen molar-refractivity contribution in [3.63, 3.8) is 0 Å². The molecule has 0 bridgehead atoms. The first kappa shape index (κ1) is 22.0. The van der Waals surface area contributed by atoms with Crippen molar-refractivity contribution in [2.75, 3.05) is 6.54 Å². The van der Waals surface area contributed by atoms with E-state index in [-0.39, 0.29) is 29.3 Å². The van der Waals surface area contributed by atoms with Crippen LogP contribution in [0, 0.1) is 11.8 Å². The van der Waals surface area contributed by atoms with Gasteiger partial charge in [0.1, 0.15) is 5.82 Å². The van der Waals surface area contributed by atoms with Crippen LogP contribution >= 0.6 is 11.6 Å². The van der Waals surface area contributed by atoms with Gasteiger partial charge in [0, 0.05) is 17.5 Å². The van der Waals surface area contributed by atoms with E-state index in [1.807, 2.05) is 43.9 Å². The molecule has 0 saturated carbocycles. The van der Waals surface area contributed by atoms with Gasteiger partial charge in [0.15, 0.2) is 0 Å². The molecule has 2 aromatic carbocycles. The monoisotopic (exact) mass is 425 g/mol. The third kappa shape index (κ3) is 4.41. The molecule has 1 atom stereocenters. The lowest BCUT2D eigenvalue weighted by molar-refractivity contribution is -0.137. The lowest BCUT2D eigenvalue weighted by Crippen LogP contribution is -2.41. The van der Waals surface area contributed by atoms with Gasteiger partial charge in [-0.2, -0.15) is 0 Å². The number of para-hydroxylation sites is 1. The van der Waals surface area contributed by atoms with Gasteiger partial charge in [-0.1, -0.05) is 51.4 Å². The molecule has 5 nitrogen and oxygen atoms in total. The predicted molar refractivity (Wildman–Crippen MR) is 122 cm³/mol. The molecular weight excluding hydrogens is 398 g/mol. The minimum atomic E-state index is -0.379. The molecule has 6 heteroatoms. The second-order valence-corrected chi connectivity index (χ2v) is 8.76. The molecule has 3 aromatic rings. The summed E-state index contributed by atoms with van der Waals surface area (Å²) in [5.74, 6) is 0.714. The van der Waals surface area contributed by atoms with E-state index in [0.717, 1.165) is 0 Å². The fraction of sp³-hybridized carbons (Fsp3) is 0.375. The summed E-state index contributed by atoms with van der Waals surface area (Å²) in [7, 11) is 0. The Kier molecular flexibility index (Phi) is 6.61. The van der Waals surface area contributed by atoms with Gasteiger partial charge in [-0.25, -0.2) is 4.98 Å². The molecule has 0 saturated heterocycles. The Labute approximate surface area is 182 Å². The van der Waals surface area contributed by atoms with E-state index in [0.29, 0.717) is 34.0 Å². The van der Waals surface area contributed by atoms with Crippen molar-refractivity contribution in [2.24, 2.45) is 11.8 Å². The summed E-state index contributed by atoms with van der Waals surface area (Å²) < 4.78 is 1.60. The average Bonchev–Trinajstić information content (AvgIpc) is 2.71. The van der Waals surface area contributed by atoms with Crippen LogP contribution in [-0.2, 0) is 4.79 Å². The zero-order valence-corrected chi connectivity index (χ0v) is 18.8. The van der Waals surface area contributed by atoms with Crippen LogP contribution in [0.25, 0.3) is 16.6 Å². The summed E-state index contributed by atoms with van der Waals surface area (Å²) in [5.41, 5.74) is 1.13. The van der Waals surface area contributed by atoms with Gasteiger partial charge in [0.2, 0.25) is 5.91 Å². The lowest BCUT2D eigenvalue weighted by atomic mass is 10.1. The number of halogens is 1. The van der Waals surface area contributed by atoms with Crippen LogP contribution in [0.2, 0.25) is 5.02 Å². The van der Waals surface area contributed by atoms with E-state index in [1.165, 1.54) is 0 Å². The van der Waals surface area contributed by atoms with Crippen LogP contribution in [0.5, 0.6) is 0 Å². The van der Waals surface area contributed by atoms with E-state index in [4.69, 9.17) is 16.6 Å². The molecule has 3 rings (SSSR count). The Morgan fingerprint density at radius 3 is 2.27 bits per heavy atom. The molecule has 0 aliphatic rings. The van der Waals surface area contributed by atoms with Crippen molar-refractivity contribution in [2.45, 2.75) is 40.7 Å². The standard InChI is InChI=1S/C24H28ClN3O2/c1-15(2)14-27(23(29)16(3)4)17(5)22-26-21-9-7-6-8-20(21)24(30)28(22)19-12-10-18(25)11-13-19/h6-13,15-17H,14H2,1-5H3. The second-order valence-electron chi connectivity index (χ2n) is 8.32. The zero-order valence-electron chi connectivity index (χ0n) is 18.1. The second kappa shape index (κ2) is 9.00. The molecule has 1 unspecified atom stereocenters. The topological polar surface area (TPSA) is 55.2 Å². The molecule has 1 heterocycles. The minimum absolute atomic E-state index is 0.0428. The molecule has 0 N–H and O–H groups in total. The molecule has 30 heavy (non-hydrogen) atoms. The van der Waals surface area contributed by atoms with Gasteiger partial charge in [-0.15, -0.1) is 0 Å². The average molecular weight is 426 g/mol. The summed E-state index contributed by atoms with van der Waals surface area (Å²) in [4.78, 5) is 33.2. The molecular formula is C24H28ClN3O2. The normalized spacial score (nSPS) is 12.5. The Balaban J connectivity index is 2.27. The zero-order chi connectivity index (χ0) is 22.0. The van der Waals surface area contributed by atoms with E-state index >= 15 is 0 Å². The maximum absolute atomic E-state index is 13.5. The first-order valence-electron chi connectivity index (χ1n) is 10.3. The summed E-state index contributed by atoms with van der Waals surface area (Å²) >= 11 is 6.06. The molecule has 1 amide bonds. The highest BCUT2D eigenvalue weighted by Gasteiger charge is 2.28. The SMILES string of the molecule is CC(C)CN(C(=O)C(C)C)C(C)c1nc2ccccc2c(=O)n1-c1ccc(Cl)cc1. The van der Waals surface area contributed by atoms with Crippen molar-refractivity contribution in [3.8, 4) is 5.69 Å². The van der Waals surface area contributed by atoms with Gasteiger partial charge in [-0.3, -0.25) is 14.2 Å². The molecule has 0 fully saturated rings. The predicted octanol–water partition coefficient (Wildman–Crippen LogP) is 5.24. The number of benzene rings is 2. The minimum Gasteiger partial charge on any atom is -0.332 e. The fourth-order valence-corrected chi connectivity index (χ4v) is 3.70. The number of hydrogen-bond acceptors (Lipinski definition) is 3. The summed E-state index contributed by atoms with van der Waals surface area (Å²) in [6, 6.07) is 14.0. The number of carbonyl (C=O) groups is 1. The molecule has 0 spiro atoms. The van der Waals surface area contributed by atoms with Gasteiger partial charge in [0.05, 0.1) is 22.6 Å². The van der Waals surface area contributed by atoms with E-state index in [1.54, 1.807) is 34.9 Å². The van der Waals surface area contributed by atoms with Crippen LogP contribution in [0.3, 0.4) is 0 Å². The van der Waals surface area contributed by atoms with Gasteiger partial charge in [-0.05, 0) is 49.2 Å². The van der Waals surface area contributed by atoms with Crippen molar-refractivity contribution in [3.05, 3.63) is 69.7 Å². The number of carbonyl (C=O) groups excluding carboxylic acids is 1. The highest BCUT2D eigenvalue weighted by atomic mass is 35.5. The molecule has 158 valence electrons. The van der Waals surface area contributed by atoms with Crippen molar-refractivity contribution >= 4 is 28.4 Å². The highest BCUT2D eigenvalue weighted by Crippen LogP contribution is 2.25. The largest absolute Gasteiger partial charge is 0.332 e. The quantitative estimate of drug-likeness (QED) is 0.542. The van der Waals surface area contributed by atoms with E-state index in [2.05, 4.69) is 13.8 Å². The van der Waals surface area contributed by atoms with Crippen LogP contribution in [0.4, 0.5) is 0 Å². The molecule has 1 aromatic heterocycles. The Bertz CT molecular complexity index is 1100. The smallest absolute Gasteiger partial charge is 0.266 e. The summed E-state index contributed by atoms with van der Waals surface area (Å²) in [6.45, 7) is 10.5. The number of hydrogen-bond donors (Lipinski definition) is 0. The van der Waals surface area contributed by atoms with Crippen LogP contribution in [-0.4, -0.2) is 26.9 Å². The third-order valence-corrected chi connectivity index (χ3v) is 5.32. The number of fused-ring (bicyclic) bond motifs is 1. The molecule has 0 aliphatic heterocycles.